The topological polar surface area (TPSA) is 96.8 Å². The van der Waals surface area contributed by atoms with Gasteiger partial charge in [-0.2, -0.15) is 10.4 Å². The molecule has 178 valence electrons. The van der Waals surface area contributed by atoms with Crippen LogP contribution in [0.15, 0.2) is 36.7 Å². The van der Waals surface area contributed by atoms with Crippen molar-refractivity contribution in [2.45, 2.75) is 13.5 Å². The molecule has 8 nitrogen and oxygen atoms in total. The first-order valence-corrected chi connectivity index (χ1v) is 11.6. The van der Waals surface area contributed by atoms with E-state index in [-0.39, 0.29) is 5.82 Å². The van der Waals surface area contributed by atoms with Crippen molar-refractivity contribution >= 4 is 16.9 Å². The standard InChI is InChI=1S/C26H27FN8/c1-16-8-17(13-29-2)9-22(27)24(16)20-11-21-23(10-18(20)12-28)32-33-25(21)19-14-30-26(31-15-19)35-6-4-34(3)5-7-35/h8-11,14-15,29H,4-7,13H2,1-3H3,(H,32,33). The lowest BCUT2D eigenvalue weighted by atomic mass is 9.92. The molecule has 0 atom stereocenters. The number of likely N-dealkylation sites (N-methyl/N-ethyl adjacent to an activating group) is 1. The predicted octanol–water partition coefficient (Wildman–Crippen LogP) is 3.48. The predicted molar refractivity (Wildman–Crippen MR) is 134 cm³/mol. The normalized spacial score (nSPS) is 14.4. The molecular weight excluding hydrogens is 443 g/mol. The third kappa shape index (κ3) is 4.34. The van der Waals surface area contributed by atoms with Crippen LogP contribution in [-0.2, 0) is 6.54 Å². The molecule has 5 rings (SSSR count). The highest BCUT2D eigenvalue weighted by Gasteiger charge is 2.20. The zero-order valence-corrected chi connectivity index (χ0v) is 20.1. The van der Waals surface area contributed by atoms with E-state index >= 15 is 4.39 Å². The highest BCUT2D eigenvalue weighted by molar-refractivity contribution is 5.97. The van der Waals surface area contributed by atoms with Crippen LogP contribution in [0.25, 0.3) is 33.3 Å². The van der Waals surface area contributed by atoms with Crippen molar-refractivity contribution in [3.8, 4) is 28.5 Å². The first-order chi connectivity index (χ1) is 17.0. The molecule has 3 heterocycles. The van der Waals surface area contributed by atoms with Crippen LogP contribution in [0.3, 0.4) is 0 Å². The van der Waals surface area contributed by atoms with Gasteiger partial charge in [-0.15, -0.1) is 0 Å². The Balaban J connectivity index is 1.55. The highest BCUT2D eigenvalue weighted by atomic mass is 19.1. The number of rotatable bonds is 5. The van der Waals surface area contributed by atoms with Gasteiger partial charge in [-0.25, -0.2) is 14.4 Å². The second-order valence-electron chi connectivity index (χ2n) is 8.99. The molecule has 0 aliphatic carbocycles. The monoisotopic (exact) mass is 470 g/mol. The minimum absolute atomic E-state index is 0.351. The van der Waals surface area contributed by atoms with Crippen LogP contribution in [-0.4, -0.2) is 65.3 Å². The number of halogens is 1. The Hall–Kier alpha value is -3.87. The molecule has 1 aliphatic rings. The molecule has 35 heavy (non-hydrogen) atoms. The third-order valence-corrected chi connectivity index (χ3v) is 6.52. The minimum Gasteiger partial charge on any atom is -0.338 e. The van der Waals surface area contributed by atoms with Gasteiger partial charge in [-0.05, 0) is 50.3 Å². The summed E-state index contributed by atoms with van der Waals surface area (Å²) < 4.78 is 15.2. The molecule has 1 saturated heterocycles. The maximum absolute atomic E-state index is 15.2. The van der Waals surface area contributed by atoms with Crippen molar-refractivity contribution < 1.29 is 4.39 Å². The molecule has 2 aromatic heterocycles. The summed E-state index contributed by atoms with van der Waals surface area (Å²) in [5, 5.41) is 21.1. The summed E-state index contributed by atoms with van der Waals surface area (Å²) in [4.78, 5) is 13.6. The van der Waals surface area contributed by atoms with E-state index < -0.39 is 0 Å². The number of benzene rings is 2. The van der Waals surface area contributed by atoms with E-state index in [1.54, 1.807) is 18.5 Å². The number of aromatic amines is 1. The summed E-state index contributed by atoms with van der Waals surface area (Å²) in [6, 6.07) is 9.24. The van der Waals surface area contributed by atoms with E-state index in [0.717, 1.165) is 48.3 Å². The Morgan fingerprint density at radius 1 is 1.11 bits per heavy atom. The fourth-order valence-corrected chi connectivity index (χ4v) is 4.66. The number of fused-ring (bicyclic) bond motifs is 1. The van der Waals surface area contributed by atoms with Gasteiger partial charge in [0.1, 0.15) is 11.5 Å². The molecule has 0 saturated carbocycles. The molecule has 1 aliphatic heterocycles. The van der Waals surface area contributed by atoms with Gasteiger partial charge < -0.3 is 15.1 Å². The molecule has 0 amide bonds. The molecule has 0 spiro atoms. The van der Waals surface area contributed by atoms with Crippen LogP contribution in [0.1, 0.15) is 16.7 Å². The molecule has 2 aromatic carbocycles. The van der Waals surface area contributed by atoms with Crippen molar-refractivity contribution in [3.63, 3.8) is 0 Å². The molecule has 4 aromatic rings. The van der Waals surface area contributed by atoms with Gasteiger partial charge in [-0.1, -0.05) is 6.07 Å². The maximum Gasteiger partial charge on any atom is 0.225 e. The maximum atomic E-state index is 15.2. The quantitative estimate of drug-likeness (QED) is 0.461. The molecule has 1 fully saturated rings. The fourth-order valence-electron chi connectivity index (χ4n) is 4.66. The summed E-state index contributed by atoms with van der Waals surface area (Å²) in [6.07, 6.45) is 3.54. The van der Waals surface area contributed by atoms with Gasteiger partial charge in [0.15, 0.2) is 0 Å². The summed E-state index contributed by atoms with van der Waals surface area (Å²) in [5.74, 6) is 0.351. The number of nitrogens with one attached hydrogen (secondary N) is 2. The minimum atomic E-state index is -0.351. The Labute approximate surface area is 203 Å². The van der Waals surface area contributed by atoms with Crippen LogP contribution in [0.2, 0.25) is 0 Å². The van der Waals surface area contributed by atoms with Crippen molar-refractivity contribution in [2.24, 2.45) is 0 Å². The van der Waals surface area contributed by atoms with Crippen molar-refractivity contribution in [1.29, 1.82) is 5.26 Å². The number of hydrogen-bond donors (Lipinski definition) is 2. The third-order valence-electron chi connectivity index (χ3n) is 6.52. The lowest BCUT2D eigenvalue weighted by Crippen LogP contribution is -2.45. The van der Waals surface area contributed by atoms with Gasteiger partial charge >= 0.3 is 0 Å². The SMILES string of the molecule is CNCc1cc(C)c(-c2cc3c(-c4cnc(N5CCN(C)CC5)nc4)n[nH]c3cc2C#N)c(F)c1. The van der Waals surface area contributed by atoms with E-state index in [4.69, 9.17) is 0 Å². The Morgan fingerprint density at radius 3 is 2.51 bits per heavy atom. The number of aryl methyl sites for hydroxylation is 1. The first kappa shape index (κ1) is 22.9. The van der Waals surface area contributed by atoms with Crippen LogP contribution < -0.4 is 10.2 Å². The second kappa shape index (κ2) is 9.41. The van der Waals surface area contributed by atoms with E-state index in [1.165, 1.54) is 6.07 Å². The van der Waals surface area contributed by atoms with E-state index in [0.29, 0.717) is 40.4 Å². The van der Waals surface area contributed by atoms with Crippen LogP contribution >= 0.6 is 0 Å². The zero-order chi connectivity index (χ0) is 24.5. The van der Waals surface area contributed by atoms with Crippen LogP contribution in [0.4, 0.5) is 10.3 Å². The number of hydrogen-bond acceptors (Lipinski definition) is 7. The number of H-pyrrole nitrogens is 1. The fraction of sp³-hybridized carbons (Fsp3) is 0.308. The molecule has 0 unspecified atom stereocenters. The largest absolute Gasteiger partial charge is 0.338 e. The Morgan fingerprint density at radius 2 is 1.86 bits per heavy atom. The number of aromatic nitrogens is 4. The van der Waals surface area contributed by atoms with Gasteiger partial charge in [-0.3, -0.25) is 5.10 Å². The molecule has 9 heteroatoms. The van der Waals surface area contributed by atoms with Crippen LogP contribution in [0, 0.1) is 24.1 Å². The average Bonchev–Trinajstić information content (AvgIpc) is 3.27. The van der Waals surface area contributed by atoms with Gasteiger partial charge in [0.05, 0.1) is 17.1 Å². The lowest BCUT2D eigenvalue weighted by molar-refractivity contribution is 0.311. The van der Waals surface area contributed by atoms with Crippen molar-refractivity contribution in [1.82, 2.24) is 30.4 Å². The number of nitrogens with zero attached hydrogens (tertiary/aromatic N) is 6. The van der Waals surface area contributed by atoms with E-state index in [9.17, 15) is 5.26 Å². The Kier molecular flexibility index (Phi) is 6.16. The number of piperazine rings is 1. The summed E-state index contributed by atoms with van der Waals surface area (Å²) in [5.41, 5.74) is 5.11. The van der Waals surface area contributed by atoms with Crippen LogP contribution in [0.5, 0.6) is 0 Å². The van der Waals surface area contributed by atoms with Crippen molar-refractivity contribution in [3.05, 3.63) is 59.2 Å². The van der Waals surface area contributed by atoms with Crippen molar-refractivity contribution in [2.75, 3.05) is 45.2 Å². The smallest absolute Gasteiger partial charge is 0.225 e. The zero-order valence-electron chi connectivity index (χ0n) is 20.1. The second-order valence-corrected chi connectivity index (χ2v) is 8.99. The molecule has 0 radical (unpaired) electrons. The first-order valence-electron chi connectivity index (χ1n) is 11.6. The van der Waals surface area contributed by atoms with Gasteiger partial charge in [0.2, 0.25) is 5.95 Å². The van der Waals surface area contributed by atoms with E-state index in [1.807, 2.05) is 26.1 Å². The van der Waals surface area contributed by atoms with Gasteiger partial charge in [0, 0.05) is 67.2 Å². The van der Waals surface area contributed by atoms with Gasteiger partial charge in [0.25, 0.3) is 0 Å². The average molecular weight is 471 g/mol. The molecule has 0 bridgehead atoms. The molecular formula is C26H27FN8. The summed E-state index contributed by atoms with van der Waals surface area (Å²) >= 11 is 0. The lowest BCUT2D eigenvalue weighted by Gasteiger charge is -2.32. The number of anilines is 1. The molecule has 2 N–H and O–H groups in total. The summed E-state index contributed by atoms with van der Waals surface area (Å²) in [6.45, 7) is 6.16. The number of nitriles is 1. The Bertz CT molecular complexity index is 1390. The van der Waals surface area contributed by atoms with E-state index in [2.05, 4.69) is 48.4 Å². The highest BCUT2D eigenvalue weighted by Crippen LogP contribution is 2.36. The summed E-state index contributed by atoms with van der Waals surface area (Å²) in [7, 11) is 3.94.